The van der Waals surface area contributed by atoms with Gasteiger partial charge in [0.25, 0.3) is 0 Å². The Kier molecular flexibility index (Phi) is 5.57. The lowest BCUT2D eigenvalue weighted by atomic mass is 9.82. The SMILES string of the molecule is CCNCC1CCN(C(=O)C(C)(C)c2cccc(F)c2)CC1. The van der Waals surface area contributed by atoms with Crippen molar-refractivity contribution in [1.82, 2.24) is 10.2 Å². The highest BCUT2D eigenvalue weighted by molar-refractivity contribution is 5.87. The van der Waals surface area contributed by atoms with E-state index in [1.165, 1.54) is 12.1 Å². The fourth-order valence-corrected chi connectivity index (χ4v) is 3.08. The van der Waals surface area contributed by atoms with Crippen LogP contribution in [0.2, 0.25) is 0 Å². The number of likely N-dealkylation sites (tertiary alicyclic amines) is 1. The third-order valence-electron chi connectivity index (χ3n) is 4.67. The first-order chi connectivity index (χ1) is 10.4. The first-order valence-electron chi connectivity index (χ1n) is 8.21. The Hall–Kier alpha value is -1.42. The van der Waals surface area contributed by atoms with Crippen LogP contribution in [0, 0.1) is 11.7 Å². The van der Waals surface area contributed by atoms with E-state index in [-0.39, 0.29) is 11.7 Å². The lowest BCUT2D eigenvalue weighted by Gasteiger charge is -2.37. The zero-order chi connectivity index (χ0) is 16.2. The van der Waals surface area contributed by atoms with Crippen LogP contribution in [-0.2, 0) is 10.2 Å². The Morgan fingerprint density at radius 2 is 2.05 bits per heavy atom. The Labute approximate surface area is 132 Å². The van der Waals surface area contributed by atoms with Crippen molar-refractivity contribution in [2.75, 3.05) is 26.2 Å². The van der Waals surface area contributed by atoms with Crippen LogP contribution in [0.1, 0.15) is 39.2 Å². The summed E-state index contributed by atoms with van der Waals surface area (Å²) < 4.78 is 13.4. The molecule has 122 valence electrons. The number of amides is 1. The van der Waals surface area contributed by atoms with Gasteiger partial charge in [0.1, 0.15) is 5.82 Å². The molecule has 0 spiro atoms. The maximum absolute atomic E-state index is 13.4. The normalized spacial score (nSPS) is 16.8. The summed E-state index contributed by atoms with van der Waals surface area (Å²) in [4.78, 5) is 14.8. The smallest absolute Gasteiger partial charge is 0.232 e. The monoisotopic (exact) mass is 306 g/mol. The van der Waals surface area contributed by atoms with Crippen molar-refractivity contribution in [3.8, 4) is 0 Å². The van der Waals surface area contributed by atoms with E-state index < -0.39 is 5.41 Å². The minimum atomic E-state index is -0.684. The molecule has 1 fully saturated rings. The molecule has 1 aliphatic heterocycles. The Balaban J connectivity index is 1.99. The summed E-state index contributed by atoms with van der Waals surface area (Å²) >= 11 is 0. The van der Waals surface area contributed by atoms with Gasteiger partial charge in [-0.15, -0.1) is 0 Å². The van der Waals surface area contributed by atoms with Gasteiger partial charge >= 0.3 is 0 Å². The van der Waals surface area contributed by atoms with Crippen molar-refractivity contribution in [2.24, 2.45) is 5.92 Å². The minimum Gasteiger partial charge on any atom is -0.342 e. The van der Waals surface area contributed by atoms with E-state index in [1.807, 2.05) is 24.8 Å². The molecule has 1 aliphatic rings. The van der Waals surface area contributed by atoms with Crippen molar-refractivity contribution < 1.29 is 9.18 Å². The Morgan fingerprint density at radius 1 is 1.36 bits per heavy atom. The van der Waals surface area contributed by atoms with Gasteiger partial charge in [-0.05, 0) is 63.4 Å². The highest BCUT2D eigenvalue weighted by Gasteiger charge is 2.35. The molecule has 0 atom stereocenters. The van der Waals surface area contributed by atoms with E-state index >= 15 is 0 Å². The fourth-order valence-electron chi connectivity index (χ4n) is 3.08. The summed E-state index contributed by atoms with van der Waals surface area (Å²) in [6, 6.07) is 6.38. The number of piperidine rings is 1. The second-order valence-electron chi connectivity index (χ2n) is 6.68. The van der Waals surface area contributed by atoms with Gasteiger partial charge in [-0.3, -0.25) is 4.79 Å². The quantitative estimate of drug-likeness (QED) is 0.907. The van der Waals surface area contributed by atoms with Crippen molar-refractivity contribution in [2.45, 2.75) is 39.0 Å². The molecule has 0 radical (unpaired) electrons. The number of nitrogens with one attached hydrogen (secondary N) is 1. The van der Waals surface area contributed by atoms with E-state index in [1.54, 1.807) is 6.07 Å². The largest absolute Gasteiger partial charge is 0.342 e. The van der Waals surface area contributed by atoms with Gasteiger partial charge in [0.05, 0.1) is 5.41 Å². The molecule has 2 rings (SSSR count). The highest BCUT2D eigenvalue weighted by atomic mass is 19.1. The first-order valence-corrected chi connectivity index (χ1v) is 8.21. The van der Waals surface area contributed by atoms with Crippen LogP contribution in [0.25, 0.3) is 0 Å². The molecular formula is C18H27FN2O. The van der Waals surface area contributed by atoms with Crippen LogP contribution < -0.4 is 5.32 Å². The lowest BCUT2D eigenvalue weighted by Crippen LogP contribution is -2.48. The van der Waals surface area contributed by atoms with Crippen LogP contribution >= 0.6 is 0 Å². The molecule has 4 heteroatoms. The summed E-state index contributed by atoms with van der Waals surface area (Å²) in [7, 11) is 0. The molecule has 1 aromatic rings. The number of nitrogens with zero attached hydrogens (tertiary/aromatic N) is 1. The van der Waals surface area contributed by atoms with E-state index in [9.17, 15) is 9.18 Å². The number of halogens is 1. The first kappa shape index (κ1) is 16.9. The second-order valence-corrected chi connectivity index (χ2v) is 6.68. The number of benzene rings is 1. The summed E-state index contributed by atoms with van der Waals surface area (Å²) in [6.45, 7) is 9.50. The standard InChI is InChI=1S/C18H27FN2O/c1-4-20-13-14-8-10-21(11-9-14)17(22)18(2,3)15-6-5-7-16(19)12-15/h5-7,12,14,20H,4,8-11,13H2,1-3H3. The number of hydrogen-bond acceptors (Lipinski definition) is 2. The molecule has 1 amide bonds. The van der Waals surface area contributed by atoms with E-state index in [2.05, 4.69) is 12.2 Å². The maximum atomic E-state index is 13.4. The molecule has 1 saturated heterocycles. The van der Waals surface area contributed by atoms with Gasteiger partial charge < -0.3 is 10.2 Å². The highest BCUT2D eigenvalue weighted by Crippen LogP contribution is 2.28. The van der Waals surface area contributed by atoms with Crippen LogP contribution in [0.3, 0.4) is 0 Å². The minimum absolute atomic E-state index is 0.0972. The third-order valence-corrected chi connectivity index (χ3v) is 4.67. The summed E-state index contributed by atoms with van der Waals surface area (Å²) in [5.41, 5.74) is 0.0589. The third kappa shape index (κ3) is 3.86. The number of hydrogen-bond donors (Lipinski definition) is 1. The molecule has 1 heterocycles. The van der Waals surface area contributed by atoms with Crippen LogP contribution in [0.4, 0.5) is 4.39 Å². The molecule has 0 aliphatic carbocycles. The summed E-state index contributed by atoms with van der Waals surface area (Å²) in [6.07, 6.45) is 2.08. The zero-order valence-electron chi connectivity index (χ0n) is 13.9. The lowest BCUT2D eigenvalue weighted by molar-refractivity contribution is -0.137. The zero-order valence-corrected chi connectivity index (χ0v) is 13.9. The molecule has 0 bridgehead atoms. The average Bonchev–Trinajstić information content (AvgIpc) is 2.52. The van der Waals surface area contributed by atoms with Gasteiger partial charge in [-0.1, -0.05) is 19.1 Å². The van der Waals surface area contributed by atoms with Gasteiger partial charge in [-0.2, -0.15) is 0 Å². The molecular weight excluding hydrogens is 279 g/mol. The van der Waals surface area contributed by atoms with E-state index in [4.69, 9.17) is 0 Å². The van der Waals surface area contributed by atoms with Gasteiger partial charge in [0.2, 0.25) is 5.91 Å². The number of carbonyl (C=O) groups excluding carboxylic acids is 1. The van der Waals surface area contributed by atoms with E-state index in [0.29, 0.717) is 5.92 Å². The van der Waals surface area contributed by atoms with Gasteiger partial charge in [0, 0.05) is 13.1 Å². The van der Waals surface area contributed by atoms with Crippen LogP contribution in [-0.4, -0.2) is 37.0 Å². The second kappa shape index (κ2) is 7.23. The van der Waals surface area contributed by atoms with Gasteiger partial charge in [-0.25, -0.2) is 4.39 Å². The predicted octanol–water partition coefficient (Wildman–Crippen LogP) is 2.95. The molecule has 22 heavy (non-hydrogen) atoms. The number of rotatable bonds is 5. The summed E-state index contributed by atoms with van der Waals surface area (Å²) in [5.74, 6) is 0.462. The molecule has 0 saturated carbocycles. The molecule has 3 nitrogen and oxygen atoms in total. The average molecular weight is 306 g/mol. The van der Waals surface area contributed by atoms with Crippen LogP contribution in [0.15, 0.2) is 24.3 Å². The molecule has 0 unspecified atom stereocenters. The fraction of sp³-hybridized carbons (Fsp3) is 0.611. The predicted molar refractivity (Wildman–Crippen MR) is 87.3 cm³/mol. The number of carbonyl (C=O) groups is 1. The summed E-state index contributed by atoms with van der Waals surface area (Å²) in [5, 5.41) is 3.38. The molecule has 1 aromatic carbocycles. The topological polar surface area (TPSA) is 32.3 Å². The molecule has 1 N–H and O–H groups in total. The van der Waals surface area contributed by atoms with Crippen molar-refractivity contribution in [3.05, 3.63) is 35.6 Å². The Bertz CT molecular complexity index is 508. The van der Waals surface area contributed by atoms with Crippen molar-refractivity contribution in [1.29, 1.82) is 0 Å². The van der Waals surface area contributed by atoms with Crippen molar-refractivity contribution in [3.63, 3.8) is 0 Å². The van der Waals surface area contributed by atoms with Crippen LogP contribution in [0.5, 0.6) is 0 Å². The van der Waals surface area contributed by atoms with Gasteiger partial charge in [0.15, 0.2) is 0 Å². The Morgan fingerprint density at radius 3 is 2.64 bits per heavy atom. The van der Waals surface area contributed by atoms with E-state index in [0.717, 1.165) is 44.6 Å². The molecule has 0 aromatic heterocycles. The van der Waals surface area contributed by atoms with Crippen molar-refractivity contribution >= 4 is 5.91 Å². The maximum Gasteiger partial charge on any atom is 0.232 e.